The predicted octanol–water partition coefficient (Wildman–Crippen LogP) is 3.14. The van der Waals surface area contributed by atoms with Crippen LogP contribution < -0.4 is 0 Å². The third-order valence-corrected chi connectivity index (χ3v) is 2.95. The zero-order chi connectivity index (χ0) is 6.97. The molecule has 0 spiro atoms. The van der Waals surface area contributed by atoms with Gasteiger partial charge in [0, 0.05) is 0 Å². The topological polar surface area (TPSA) is 0 Å². The van der Waals surface area contributed by atoms with E-state index in [4.69, 9.17) is 0 Å². The highest BCUT2D eigenvalue weighted by Gasteiger charge is 2.39. The molecule has 1 saturated carbocycles. The normalized spacial score (nSPS) is 35.5. The van der Waals surface area contributed by atoms with Gasteiger partial charge in [0.15, 0.2) is 0 Å². The van der Waals surface area contributed by atoms with Crippen molar-refractivity contribution in [3.05, 3.63) is 11.6 Å². The molecule has 2 aliphatic carbocycles. The Morgan fingerprint density at radius 3 is 3.00 bits per heavy atom. The van der Waals surface area contributed by atoms with Crippen LogP contribution in [0.25, 0.3) is 0 Å². The molecule has 0 aromatic rings. The SMILES string of the molecule is CCCCC1CC=C2CC21. The first kappa shape index (κ1) is 6.45. The van der Waals surface area contributed by atoms with Gasteiger partial charge in [-0.2, -0.15) is 0 Å². The van der Waals surface area contributed by atoms with Crippen molar-refractivity contribution in [2.75, 3.05) is 0 Å². The maximum Gasteiger partial charge on any atom is -0.0134 e. The fourth-order valence-corrected chi connectivity index (χ4v) is 2.15. The van der Waals surface area contributed by atoms with E-state index in [-0.39, 0.29) is 0 Å². The molecule has 0 aromatic heterocycles. The van der Waals surface area contributed by atoms with Gasteiger partial charge in [0.05, 0.1) is 0 Å². The summed E-state index contributed by atoms with van der Waals surface area (Å²) in [7, 11) is 0. The van der Waals surface area contributed by atoms with Crippen LogP contribution in [-0.4, -0.2) is 0 Å². The summed E-state index contributed by atoms with van der Waals surface area (Å²) < 4.78 is 0. The van der Waals surface area contributed by atoms with Gasteiger partial charge in [0.1, 0.15) is 0 Å². The van der Waals surface area contributed by atoms with E-state index < -0.39 is 0 Å². The number of hydrogen-bond acceptors (Lipinski definition) is 0. The zero-order valence-corrected chi connectivity index (χ0v) is 6.77. The van der Waals surface area contributed by atoms with Crippen molar-refractivity contribution in [1.82, 2.24) is 0 Å². The van der Waals surface area contributed by atoms with Crippen molar-refractivity contribution in [2.24, 2.45) is 11.8 Å². The van der Waals surface area contributed by atoms with Crippen molar-refractivity contribution in [2.45, 2.75) is 39.0 Å². The van der Waals surface area contributed by atoms with E-state index in [0.29, 0.717) is 0 Å². The summed E-state index contributed by atoms with van der Waals surface area (Å²) in [5.41, 5.74) is 1.78. The lowest BCUT2D eigenvalue weighted by Gasteiger charge is -2.08. The zero-order valence-electron chi connectivity index (χ0n) is 6.77. The van der Waals surface area contributed by atoms with Crippen LogP contribution in [0.1, 0.15) is 39.0 Å². The monoisotopic (exact) mass is 136 g/mol. The summed E-state index contributed by atoms with van der Waals surface area (Å²) in [4.78, 5) is 0. The van der Waals surface area contributed by atoms with Gasteiger partial charge in [-0.1, -0.05) is 31.4 Å². The highest BCUT2D eigenvalue weighted by Crippen LogP contribution is 2.52. The molecular weight excluding hydrogens is 120 g/mol. The lowest BCUT2D eigenvalue weighted by atomic mass is 9.97. The maximum atomic E-state index is 2.48. The molecule has 2 aliphatic rings. The summed E-state index contributed by atoms with van der Waals surface area (Å²) in [5.74, 6) is 2.13. The number of rotatable bonds is 3. The second kappa shape index (κ2) is 2.41. The van der Waals surface area contributed by atoms with Crippen LogP contribution in [0, 0.1) is 11.8 Å². The Hall–Kier alpha value is -0.260. The molecule has 0 radical (unpaired) electrons. The smallest absolute Gasteiger partial charge is 0.0134 e. The van der Waals surface area contributed by atoms with Gasteiger partial charge in [0.25, 0.3) is 0 Å². The molecule has 56 valence electrons. The molecule has 2 rings (SSSR count). The molecule has 0 saturated heterocycles. The molecule has 0 bridgehead atoms. The number of fused-ring (bicyclic) bond motifs is 1. The minimum Gasteiger partial charge on any atom is -0.0847 e. The van der Waals surface area contributed by atoms with Gasteiger partial charge in [0.2, 0.25) is 0 Å². The molecule has 0 aromatic carbocycles. The Bertz CT molecular complexity index is 155. The molecule has 0 aliphatic heterocycles. The second-order valence-electron chi connectivity index (χ2n) is 3.73. The minimum atomic E-state index is 1.06. The standard InChI is InChI=1S/C10H16/c1-2-3-4-8-5-6-9-7-10(8)9/h6,8,10H,2-5,7H2,1H3. The average Bonchev–Trinajstić information content (AvgIpc) is 2.63. The van der Waals surface area contributed by atoms with Gasteiger partial charge in [-0.15, -0.1) is 0 Å². The van der Waals surface area contributed by atoms with Crippen molar-refractivity contribution >= 4 is 0 Å². The molecular formula is C10H16. The Kier molecular flexibility index (Phi) is 1.55. The van der Waals surface area contributed by atoms with Crippen LogP contribution in [0.2, 0.25) is 0 Å². The average molecular weight is 136 g/mol. The molecule has 2 atom stereocenters. The lowest BCUT2D eigenvalue weighted by molar-refractivity contribution is 0.441. The van der Waals surface area contributed by atoms with Crippen molar-refractivity contribution in [1.29, 1.82) is 0 Å². The highest BCUT2D eigenvalue weighted by molar-refractivity contribution is 5.29. The van der Waals surface area contributed by atoms with Gasteiger partial charge in [-0.05, 0) is 31.1 Å². The highest BCUT2D eigenvalue weighted by atomic mass is 14.4. The molecule has 1 fully saturated rings. The Balaban J connectivity index is 1.76. The summed E-state index contributed by atoms with van der Waals surface area (Å²) in [6.07, 6.45) is 9.64. The fourth-order valence-electron chi connectivity index (χ4n) is 2.15. The molecule has 0 nitrogen and oxygen atoms in total. The second-order valence-corrected chi connectivity index (χ2v) is 3.73. The van der Waals surface area contributed by atoms with Crippen LogP contribution >= 0.6 is 0 Å². The van der Waals surface area contributed by atoms with Crippen LogP contribution in [0.15, 0.2) is 11.6 Å². The van der Waals surface area contributed by atoms with Crippen LogP contribution in [0.4, 0.5) is 0 Å². The lowest BCUT2D eigenvalue weighted by Crippen LogP contribution is -1.97. The molecule has 10 heavy (non-hydrogen) atoms. The first-order valence-electron chi connectivity index (χ1n) is 4.60. The van der Waals surface area contributed by atoms with Gasteiger partial charge >= 0.3 is 0 Å². The predicted molar refractivity (Wildman–Crippen MR) is 43.8 cm³/mol. The molecule has 2 unspecified atom stereocenters. The van der Waals surface area contributed by atoms with Gasteiger partial charge in [-0.25, -0.2) is 0 Å². The Labute approximate surface area is 63.3 Å². The van der Waals surface area contributed by atoms with E-state index in [2.05, 4.69) is 13.0 Å². The van der Waals surface area contributed by atoms with Crippen molar-refractivity contribution in [3.8, 4) is 0 Å². The van der Waals surface area contributed by atoms with Crippen LogP contribution in [0.5, 0.6) is 0 Å². The minimum absolute atomic E-state index is 1.06. The molecule has 0 heteroatoms. The fraction of sp³-hybridized carbons (Fsp3) is 0.800. The number of allylic oxidation sites excluding steroid dienone is 2. The van der Waals surface area contributed by atoms with E-state index in [1.165, 1.54) is 32.1 Å². The van der Waals surface area contributed by atoms with E-state index in [0.717, 1.165) is 11.8 Å². The first-order valence-corrected chi connectivity index (χ1v) is 4.60. The Morgan fingerprint density at radius 1 is 1.60 bits per heavy atom. The molecule has 0 N–H and O–H groups in total. The summed E-state index contributed by atoms with van der Waals surface area (Å²) in [6.45, 7) is 2.29. The largest absolute Gasteiger partial charge is 0.0847 e. The van der Waals surface area contributed by atoms with Crippen molar-refractivity contribution < 1.29 is 0 Å². The van der Waals surface area contributed by atoms with Crippen LogP contribution in [-0.2, 0) is 0 Å². The van der Waals surface area contributed by atoms with Crippen molar-refractivity contribution in [3.63, 3.8) is 0 Å². The number of unbranched alkanes of at least 4 members (excludes halogenated alkanes) is 1. The summed E-state index contributed by atoms with van der Waals surface area (Å²) in [6, 6.07) is 0. The maximum absolute atomic E-state index is 2.48. The first-order chi connectivity index (χ1) is 4.92. The summed E-state index contributed by atoms with van der Waals surface area (Å²) in [5, 5.41) is 0. The van der Waals surface area contributed by atoms with E-state index in [1.54, 1.807) is 5.57 Å². The quantitative estimate of drug-likeness (QED) is 0.523. The Morgan fingerprint density at radius 2 is 2.50 bits per heavy atom. The van der Waals surface area contributed by atoms with E-state index in [9.17, 15) is 0 Å². The molecule has 0 amide bonds. The number of hydrogen-bond donors (Lipinski definition) is 0. The van der Waals surface area contributed by atoms with Gasteiger partial charge in [-0.3, -0.25) is 0 Å². The third-order valence-electron chi connectivity index (χ3n) is 2.95. The third kappa shape index (κ3) is 1.00. The molecule has 0 heterocycles. The van der Waals surface area contributed by atoms with Gasteiger partial charge < -0.3 is 0 Å². The summed E-state index contributed by atoms with van der Waals surface area (Å²) >= 11 is 0. The van der Waals surface area contributed by atoms with Crippen LogP contribution in [0.3, 0.4) is 0 Å². The van der Waals surface area contributed by atoms with E-state index >= 15 is 0 Å². The van der Waals surface area contributed by atoms with E-state index in [1.807, 2.05) is 0 Å².